The van der Waals surface area contributed by atoms with Gasteiger partial charge in [0.25, 0.3) is 10.2 Å². The van der Waals surface area contributed by atoms with Crippen molar-refractivity contribution >= 4 is 21.8 Å². The van der Waals surface area contributed by atoms with E-state index in [1.54, 1.807) is 17.5 Å². The SMILES string of the molecule is CC(C)N(C)S(=O)(=O)N1CCC(c2ccnc(Cl)n2)CC1. The minimum absolute atomic E-state index is 0.0478. The lowest BCUT2D eigenvalue weighted by molar-refractivity contribution is 0.283. The van der Waals surface area contributed by atoms with E-state index >= 15 is 0 Å². The van der Waals surface area contributed by atoms with Crippen molar-refractivity contribution in [3.05, 3.63) is 23.2 Å². The summed E-state index contributed by atoms with van der Waals surface area (Å²) in [5.74, 6) is 0.237. The van der Waals surface area contributed by atoms with Crippen molar-refractivity contribution in [2.24, 2.45) is 0 Å². The fraction of sp³-hybridized carbons (Fsp3) is 0.692. The van der Waals surface area contributed by atoms with Crippen LogP contribution in [0.2, 0.25) is 5.28 Å². The minimum atomic E-state index is -3.37. The second kappa shape index (κ2) is 6.56. The molecule has 2 rings (SSSR count). The largest absolute Gasteiger partial charge is 0.281 e. The maximum absolute atomic E-state index is 12.4. The summed E-state index contributed by atoms with van der Waals surface area (Å²) in [6, 6.07) is 1.80. The molecule has 1 aliphatic heterocycles. The van der Waals surface area contributed by atoms with E-state index in [-0.39, 0.29) is 17.2 Å². The summed E-state index contributed by atoms with van der Waals surface area (Å²) in [5.41, 5.74) is 0.893. The van der Waals surface area contributed by atoms with E-state index in [9.17, 15) is 8.42 Å². The van der Waals surface area contributed by atoms with E-state index in [0.717, 1.165) is 18.5 Å². The molecule has 0 aromatic carbocycles. The molecule has 0 N–H and O–H groups in total. The van der Waals surface area contributed by atoms with Crippen LogP contribution in [-0.4, -0.2) is 53.2 Å². The molecule has 0 aliphatic carbocycles. The molecule has 0 unspecified atom stereocenters. The highest BCUT2D eigenvalue weighted by Crippen LogP contribution is 2.29. The van der Waals surface area contributed by atoms with Crippen LogP contribution in [0.15, 0.2) is 12.3 Å². The van der Waals surface area contributed by atoms with Gasteiger partial charge in [0.15, 0.2) is 0 Å². The lowest BCUT2D eigenvalue weighted by Gasteiger charge is -2.34. The molecule has 0 spiro atoms. The predicted molar refractivity (Wildman–Crippen MR) is 82.4 cm³/mol. The Labute approximate surface area is 131 Å². The lowest BCUT2D eigenvalue weighted by Crippen LogP contribution is -2.47. The van der Waals surface area contributed by atoms with Gasteiger partial charge in [-0.25, -0.2) is 9.97 Å². The molecule has 1 saturated heterocycles. The summed E-state index contributed by atoms with van der Waals surface area (Å²) in [4.78, 5) is 8.10. The maximum Gasteiger partial charge on any atom is 0.281 e. The number of halogens is 1. The zero-order chi connectivity index (χ0) is 15.6. The molecule has 0 amide bonds. The predicted octanol–water partition coefficient (Wildman–Crippen LogP) is 1.89. The second-order valence-electron chi connectivity index (χ2n) is 5.54. The number of hydrogen-bond donors (Lipinski definition) is 0. The Kier molecular flexibility index (Phi) is 5.19. The molecular formula is C13H21ClN4O2S. The van der Waals surface area contributed by atoms with Crippen molar-refractivity contribution < 1.29 is 8.42 Å². The number of nitrogens with zero attached hydrogens (tertiary/aromatic N) is 4. The smallest absolute Gasteiger partial charge is 0.227 e. The van der Waals surface area contributed by atoms with Gasteiger partial charge in [0, 0.05) is 44.0 Å². The Balaban J connectivity index is 2.04. The normalized spacial score (nSPS) is 18.6. The van der Waals surface area contributed by atoms with E-state index in [0.29, 0.717) is 13.1 Å². The number of piperidine rings is 1. The van der Waals surface area contributed by atoms with Gasteiger partial charge < -0.3 is 0 Å². The fourth-order valence-electron chi connectivity index (χ4n) is 2.41. The van der Waals surface area contributed by atoms with Crippen LogP contribution in [0.1, 0.15) is 38.3 Å². The molecule has 0 radical (unpaired) electrons. The molecule has 21 heavy (non-hydrogen) atoms. The first kappa shape index (κ1) is 16.6. The zero-order valence-corrected chi connectivity index (χ0v) is 14.1. The van der Waals surface area contributed by atoms with Crippen molar-refractivity contribution in [3.8, 4) is 0 Å². The maximum atomic E-state index is 12.4. The summed E-state index contributed by atoms with van der Waals surface area (Å²) in [6.45, 7) is 4.75. The Morgan fingerprint density at radius 3 is 2.52 bits per heavy atom. The van der Waals surface area contributed by atoms with Crippen LogP contribution in [0.3, 0.4) is 0 Å². The summed E-state index contributed by atoms with van der Waals surface area (Å²) >= 11 is 5.81. The molecule has 1 aromatic heterocycles. The quantitative estimate of drug-likeness (QED) is 0.790. The van der Waals surface area contributed by atoms with Crippen LogP contribution in [0.4, 0.5) is 0 Å². The molecule has 2 heterocycles. The van der Waals surface area contributed by atoms with Gasteiger partial charge in [-0.3, -0.25) is 0 Å². The standard InChI is InChI=1S/C13H21ClN4O2S/c1-10(2)17(3)21(19,20)18-8-5-11(6-9-18)12-4-7-15-13(14)16-12/h4,7,10-11H,5-6,8-9H2,1-3H3. The van der Waals surface area contributed by atoms with Crippen LogP contribution < -0.4 is 0 Å². The van der Waals surface area contributed by atoms with Crippen LogP contribution in [-0.2, 0) is 10.2 Å². The summed E-state index contributed by atoms with van der Waals surface area (Å²) in [6.07, 6.45) is 3.14. The van der Waals surface area contributed by atoms with Crippen molar-refractivity contribution in [2.45, 2.75) is 38.6 Å². The van der Waals surface area contributed by atoms with Gasteiger partial charge >= 0.3 is 0 Å². The Morgan fingerprint density at radius 2 is 2.00 bits per heavy atom. The summed E-state index contributed by atoms with van der Waals surface area (Å²) in [7, 11) is -1.75. The third kappa shape index (κ3) is 3.71. The molecule has 0 saturated carbocycles. The molecular weight excluding hydrogens is 312 g/mol. The van der Waals surface area contributed by atoms with Crippen LogP contribution in [0.25, 0.3) is 0 Å². The van der Waals surface area contributed by atoms with Crippen LogP contribution >= 0.6 is 11.6 Å². The van der Waals surface area contributed by atoms with Gasteiger partial charge in [0.1, 0.15) is 0 Å². The van der Waals surface area contributed by atoms with Crippen molar-refractivity contribution in [2.75, 3.05) is 20.1 Å². The average Bonchev–Trinajstić information content (AvgIpc) is 2.46. The second-order valence-corrected chi connectivity index (χ2v) is 7.87. The Hall–Kier alpha value is -0.760. The van der Waals surface area contributed by atoms with Crippen molar-refractivity contribution in [1.29, 1.82) is 0 Å². The van der Waals surface area contributed by atoms with Crippen molar-refractivity contribution in [1.82, 2.24) is 18.6 Å². The average molecular weight is 333 g/mol. The zero-order valence-electron chi connectivity index (χ0n) is 12.5. The molecule has 0 atom stereocenters. The number of aromatic nitrogens is 2. The lowest BCUT2D eigenvalue weighted by atomic mass is 9.94. The van der Waals surface area contributed by atoms with Crippen molar-refractivity contribution in [3.63, 3.8) is 0 Å². The summed E-state index contributed by atoms with van der Waals surface area (Å²) < 4.78 is 27.8. The van der Waals surface area contributed by atoms with Gasteiger partial charge in [-0.15, -0.1) is 0 Å². The van der Waals surface area contributed by atoms with Gasteiger partial charge in [-0.05, 0) is 44.4 Å². The highest BCUT2D eigenvalue weighted by atomic mass is 35.5. The number of rotatable bonds is 4. The number of hydrogen-bond acceptors (Lipinski definition) is 4. The first-order valence-electron chi connectivity index (χ1n) is 7.04. The third-order valence-electron chi connectivity index (χ3n) is 3.94. The van der Waals surface area contributed by atoms with Crippen LogP contribution in [0, 0.1) is 0 Å². The highest BCUT2D eigenvalue weighted by molar-refractivity contribution is 7.86. The molecule has 1 fully saturated rings. The Bertz CT molecular complexity index is 586. The monoisotopic (exact) mass is 332 g/mol. The van der Waals surface area contributed by atoms with Crippen LogP contribution in [0.5, 0.6) is 0 Å². The van der Waals surface area contributed by atoms with E-state index in [2.05, 4.69) is 9.97 Å². The molecule has 118 valence electrons. The fourth-order valence-corrected chi connectivity index (χ4v) is 4.13. The van der Waals surface area contributed by atoms with Gasteiger partial charge in [-0.1, -0.05) is 0 Å². The van der Waals surface area contributed by atoms with E-state index in [1.807, 2.05) is 19.9 Å². The summed E-state index contributed by atoms with van der Waals surface area (Å²) in [5, 5.41) is 0.238. The molecule has 1 aliphatic rings. The first-order chi connectivity index (χ1) is 9.82. The Morgan fingerprint density at radius 1 is 1.38 bits per heavy atom. The molecule has 6 nitrogen and oxygen atoms in total. The van der Waals surface area contributed by atoms with Gasteiger partial charge in [0.2, 0.25) is 5.28 Å². The first-order valence-corrected chi connectivity index (χ1v) is 8.81. The molecule has 0 bridgehead atoms. The van der Waals surface area contributed by atoms with Gasteiger partial charge in [0.05, 0.1) is 0 Å². The molecule has 8 heteroatoms. The highest BCUT2D eigenvalue weighted by Gasteiger charge is 2.32. The third-order valence-corrected chi connectivity index (χ3v) is 6.29. The van der Waals surface area contributed by atoms with Gasteiger partial charge in [-0.2, -0.15) is 17.0 Å². The van der Waals surface area contributed by atoms with E-state index < -0.39 is 10.2 Å². The van der Waals surface area contributed by atoms with E-state index in [1.165, 1.54) is 4.31 Å². The topological polar surface area (TPSA) is 66.4 Å². The minimum Gasteiger partial charge on any atom is -0.227 e. The molecule has 1 aromatic rings. The van der Waals surface area contributed by atoms with E-state index in [4.69, 9.17) is 11.6 Å².